The molecule has 1 fully saturated rings. The first-order chi connectivity index (χ1) is 11.5. The van der Waals surface area contributed by atoms with E-state index in [0.717, 1.165) is 25.6 Å². The van der Waals surface area contributed by atoms with Crippen molar-refractivity contribution in [2.24, 2.45) is 5.92 Å². The molecule has 0 aromatic heterocycles. The number of benzene rings is 1. The van der Waals surface area contributed by atoms with Gasteiger partial charge in [-0.25, -0.2) is 4.39 Å². The summed E-state index contributed by atoms with van der Waals surface area (Å²) in [6.07, 6.45) is 5.81. The molecule has 3 nitrogen and oxygen atoms in total. The number of aliphatic hydroxyl groups is 1. The molecule has 4 heteroatoms. The molecule has 1 aliphatic heterocycles. The van der Waals surface area contributed by atoms with Crippen LogP contribution in [0.3, 0.4) is 0 Å². The zero-order chi connectivity index (χ0) is 17.6. The third kappa shape index (κ3) is 4.87. The fraction of sp³-hybridized carbons (Fsp3) is 0.650. The molecule has 1 aromatic carbocycles. The van der Waals surface area contributed by atoms with E-state index in [4.69, 9.17) is 0 Å². The minimum atomic E-state index is -1.30. The molecule has 1 aromatic rings. The van der Waals surface area contributed by atoms with Crippen LogP contribution in [0.2, 0.25) is 0 Å². The lowest BCUT2D eigenvalue weighted by Crippen LogP contribution is -2.49. The Kier molecular flexibility index (Phi) is 6.93. The Balaban J connectivity index is 1.86. The van der Waals surface area contributed by atoms with Crippen LogP contribution in [0.15, 0.2) is 24.3 Å². The predicted octanol–water partition coefficient (Wildman–Crippen LogP) is 4.05. The molecular formula is C20H30FNO2. The van der Waals surface area contributed by atoms with Crippen molar-refractivity contribution in [1.29, 1.82) is 0 Å². The number of likely N-dealkylation sites (tertiary alicyclic amines) is 1. The molecule has 1 atom stereocenters. The minimum Gasteiger partial charge on any atom is -0.382 e. The van der Waals surface area contributed by atoms with Crippen LogP contribution in [0, 0.1) is 11.7 Å². The molecule has 1 N–H and O–H groups in total. The SMILES string of the molecule is CCCC(CC)CCN1CCC(O)(C(=O)c2ccc(F)cc2)CC1. The van der Waals surface area contributed by atoms with Crippen molar-refractivity contribution in [3.63, 3.8) is 0 Å². The van der Waals surface area contributed by atoms with Crippen LogP contribution < -0.4 is 0 Å². The van der Waals surface area contributed by atoms with Gasteiger partial charge in [0.05, 0.1) is 0 Å². The highest BCUT2D eigenvalue weighted by atomic mass is 19.1. The quantitative estimate of drug-likeness (QED) is 0.729. The lowest BCUT2D eigenvalue weighted by atomic mass is 9.84. The number of hydrogen-bond acceptors (Lipinski definition) is 3. The van der Waals surface area contributed by atoms with Crippen LogP contribution >= 0.6 is 0 Å². The summed E-state index contributed by atoms with van der Waals surface area (Å²) in [7, 11) is 0. The van der Waals surface area contributed by atoms with Crippen molar-refractivity contribution in [2.75, 3.05) is 19.6 Å². The third-order valence-electron chi connectivity index (χ3n) is 5.34. The second-order valence-corrected chi connectivity index (χ2v) is 7.06. The highest BCUT2D eigenvalue weighted by molar-refractivity contribution is 6.02. The summed E-state index contributed by atoms with van der Waals surface area (Å²) in [6, 6.07) is 5.45. The number of carbonyl (C=O) groups is 1. The van der Waals surface area contributed by atoms with Crippen LogP contribution in [0.4, 0.5) is 4.39 Å². The topological polar surface area (TPSA) is 40.5 Å². The number of rotatable bonds is 8. The van der Waals surface area contributed by atoms with Gasteiger partial charge in [0.15, 0.2) is 5.78 Å². The molecule has 1 heterocycles. The Bertz CT molecular complexity index is 521. The largest absolute Gasteiger partial charge is 0.382 e. The van der Waals surface area contributed by atoms with Gasteiger partial charge in [-0.05, 0) is 56.0 Å². The van der Waals surface area contributed by atoms with E-state index in [2.05, 4.69) is 18.7 Å². The summed E-state index contributed by atoms with van der Waals surface area (Å²) in [4.78, 5) is 14.9. The van der Waals surface area contributed by atoms with Gasteiger partial charge in [-0.1, -0.05) is 33.1 Å². The van der Waals surface area contributed by atoms with Gasteiger partial charge in [0.1, 0.15) is 11.4 Å². The summed E-state index contributed by atoms with van der Waals surface area (Å²) in [5.41, 5.74) is -0.914. The highest BCUT2D eigenvalue weighted by Gasteiger charge is 2.39. The maximum atomic E-state index is 13.0. The molecule has 0 aliphatic carbocycles. The molecule has 0 radical (unpaired) electrons. The third-order valence-corrected chi connectivity index (χ3v) is 5.34. The van der Waals surface area contributed by atoms with E-state index in [1.807, 2.05) is 0 Å². The van der Waals surface area contributed by atoms with Crippen LogP contribution in [0.1, 0.15) is 62.7 Å². The van der Waals surface area contributed by atoms with Crippen molar-refractivity contribution in [1.82, 2.24) is 4.90 Å². The lowest BCUT2D eigenvalue weighted by molar-refractivity contribution is -0.00719. The molecule has 134 valence electrons. The van der Waals surface area contributed by atoms with Crippen molar-refractivity contribution < 1.29 is 14.3 Å². The van der Waals surface area contributed by atoms with Gasteiger partial charge in [0, 0.05) is 18.7 Å². The summed E-state index contributed by atoms with van der Waals surface area (Å²) in [5, 5.41) is 10.7. The van der Waals surface area contributed by atoms with Crippen LogP contribution in [-0.2, 0) is 0 Å². The van der Waals surface area contributed by atoms with Gasteiger partial charge in [0.2, 0.25) is 0 Å². The van der Waals surface area contributed by atoms with Crippen molar-refractivity contribution in [3.8, 4) is 0 Å². The second kappa shape index (κ2) is 8.72. The molecule has 1 unspecified atom stereocenters. The molecule has 0 spiro atoms. The Labute approximate surface area is 144 Å². The molecule has 0 saturated carbocycles. The van der Waals surface area contributed by atoms with E-state index in [1.165, 1.54) is 49.9 Å². The molecule has 0 amide bonds. The molecule has 2 rings (SSSR count). The van der Waals surface area contributed by atoms with E-state index in [-0.39, 0.29) is 11.6 Å². The van der Waals surface area contributed by atoms with Crippen LogP contribution in [-0.4, -0.2) is 41.0 Å². The monoisotopic (exact) mass is 335 g/mol. The van der Waals surface area contributed by atoms with Crippen LogP contribution in [0.5, 0.6) is 0 Å². The maximum Gasteiger partial charge on any atom is 0.194 e. The van der Waals surface area contributed by atoms with E-state index >= 15 is 0 Å². The molecule has 1 saturated heterocycles. The zero-order valence-corrected chi connectivity index (χ0v) is 14.9. The average molecular weight is 335 g/mol. The number of carbonyl (C=O) groups excluding carboxylic acids is 1. The summed E-state index contributed by atoms with van der Waals surface area (Å²) >= 11 is 0. The van der Waals surface area contributed by atoms with Gasteiger partial charge in [-0.2, -0.15) is 0 Å². The number of piperidine rings is 1. The van der Waals surface area contributed by atoms with E-state index in [1.54, 1.807) is 0 Å². The van der Waals surface area contributed by atoms with E-state index in [0.29, 0.717) is 18.4 Å². The Morgan fingerprint density at radius 3 is 2.38 bits per heavy atom. The van der Waals surface area contributed by atoms with Gasteiger partial charge in [-0.15, -0.1) is 0 Å². The predicted molar refractivity (Wildman–Crippen MR) is 94.7 cm³/mol. The second-order valence-electron chi connectivity index (χ2n) is 7.06. The normalized spacial score (nSPS) is 19.2. The Hall–Kier alpha value is -1.26. The molecule has 1 aliphatic rings. The molecule has 0 bridgehead atoms. The molecular weight excluding hydrogens is 305 g/mol. The first kappa shape index (κ1) is 19.1. The van der Waals surface area contributed by atoms with Gasteiger partial charge < -0.3 is 10.0 Å². The number of Topliss-reactive ketones (excluding diaryl/α,β-unsaturated/α-hetero) is 1. The summed E-state index contributed by atoms with van der Waals surface area (Å²) < 4.78 is 13.0. The molecule has 24 heavy (non-hydrogen) atoms. The first-order valence-electron chi connectivity index (χ1n) is 9.23. The standard InChI is InChI=1S/C20H30FNO2/c1-3-5-16(4-2)10-13-22-14-11-20(24,12-15-22)19(23)17-6-8-18(21)9-7-17/h6-9,16,24H,3-5,10-15H2,1-2H3. The summed E-state index contributed by atoms with van der Waals surface area (Å²) in [5.74, 6) is 0.127. The van der Waals surface area contributed by atoms with Crippen LogP contribution in [0.25, 0.3) is 0 Å². The van der Waals surface area contributed by atoms with Gasteiger partial charge >= 0.3 is 0 Å². The Morgan fingerprint density at radius 2 is 1.83 bits per heavy atom. The minimum absolute atomic E-state index is 0.278. The lowest BCUT2D eigenvalue weighted by Gasteiger charge is -2.37. The number of hydrogen-bond donors (Lipinski definition) is 1. The van der Waals surface area contributed by atoms with E-state index < -0.39 is 5.60 Å². The number of halogens is 1. The van der Waals surface area contributed by atoms with Gasteiger partial charge in [-0.3, -0.25) is 4.79 Å². The smallest absolute Gasteiger partial charge is 0.194 e. The Morgan fingerprint density at radius 1 is 1.21 bits per heavy atom. The summed E-state index contributed by atoms with van der Waals surface area (Å²) in [6.45, 7) is 7.00. The van der Waals surface area contributed by atoms with Crippen molar-refractivity contribution in [2.45, 2.75) is 58.0 Å². The fourth-order valence-corrected chi connectivity index (χ4v) is 3.57. The highest BCUT2D eigenvalue weighted by Crippen LogP contribution is 2.27. The van der Waals surface area contributed by atoms with Crippen molar-refractivity contribution in [3.05, 3.63) is 35.6 Å². The fourth-order valence-electron chi connectivity index (χ4n) is 3.57. The zero-order valence-electron chi connectivity index (χ0n) is 14.9. The first-order valence-corrected chi connectivity index (χ1v) is 9.23. The maximum absolute atomic E-state index is 13.0. The number of ketones is 1. The van der Waals surface area contributed by atoms with Gasteiger partial charge in [0.25, 0.3) is 0 Å². The number of nitrogens with zero attached hydrogens (tertiary/aromatic N) is 1. The van der Waals surface area contributed by atoms with Crippen molar-refractivity contribution >= 4 is 5.78 Å². The average Bonchev–Trinajstić information content (AvgIpc) is 2.60. The van der Waals surface area contributed by atoms with E-state index in [9.17, 15) is 14.3 Å².